The molecule has 0 N–H and O–H groups in total. The number of oxazole rings is 1. The maximum Gasteiger partial charge on any atom is 0.273 e. The highest BCUT2D eigenvalue weighted by atomic mass is 127. The van der Waals surface area contributed by atoms with E-state index in [2.05, 4.69) is 20.9 Å². The zero-order chi connectivity index (χ0) is 15.0. The summed E-state index contributed by atoms with van der Waals surface area (Å²) in [5, 5.41) is 10.8. The van der Waals surface area contributed by atoms with E-state index in [9.17, 15) is 10.1 Å². The highest BCUT2D eigenvalue weighted by molar-refractivity contribution is 9.10. The first kappa shape index (κ1) is 16.8. The van der Waals surface area contributed by atoms with E-state index in [4.69, 9.17) is 4.42 Å². The molecule has 0 amide bonds. The van der Waals surface area contributed by atoms with Gasteiger partial charge in [0, 0.05) is 6.07 Å². The fourth-order valence-corrected chi connectivity index (χ4v) is 2.56. The van der Waals surface area contributed by atoms with E-state index < -0.39 is 4.92 Å². The first-order valence-corrected chi connectivity index (χ1v) is 7.11. The molecule has 0 atom stereocenters. The monoisotopic (exact) mass is 475 g/mol. The number of nitro benzene ring substituents is 1. The molecule has 6 nitrogen and oxygen atoms in total. The maximum atomic E-state index is 10.8. The van der Waals surface area contributed by atoms with Gasteiger partial charge in [-0.25, -0.2) is 9.55 Å². The lowest BCUT2D eigenvalue weighted by Gasteiger charge is -1.96. The highest BCUT2D eigenvalue weighted by Crippen LogP contribution is 2.27. The van der Waals surface area contributed by atoms with Crippen molar-refractivity contribution in [1.29, 1.82) is 0 Å². The molecule has 0 fully saturated rings. The van der Waals surface area contributed by atoms with E-state index in [1.54, 1.807) is 6.07 Å². The maximum absolute atomic E-state index is 10.8. The van der Waals surface area contributed by atoms with Gasteiger partial charge in [0.05, 0.1) is 15.5 Å². The number of halogens is 2. The zero-order valence-corrected chi connectivity index (χ0v) is 15.2. The molecule has 0 radical (unpaired) electrons. The first-order chi connectivity index (χ1) is 10.1. The van der Waals surface area contributed by atoms with Crippen LogP contribution in [0.5, 0.6) is 0 Å². The Bertz CT molecular complexity index is 850. The van der Waals surface area contributed by atoms with Gasteiger partial charge in [0.1, 0.15) is 17.6 Å². The van der Waals surface area contributed by atoms with Gasteiger partial charge in [-0.2, -0.15) is 0 Å². The third-order valence-electron chi connectivity index (χ3n) is 3.08. The number of benzene rings is 1. The van der Waals surface area contributed by atoms with Gasteiger partial charge < -0.3 is 28.4 Å². The molecule has 1 aromatic carbocycles. The van der Waals surface area contributed by atoms with Crippen LogP contribution in [0.2, 0.25) is 0 Å². The Hall–Kier alpha value is -1.55. The van der Waals surface area contributed by atoms with Crippen molar-refractivity contribution in [2.45, 2.75) is 13.5 Å². The Morgan fingerprint density at radius 1 is 1.36 bits per heavy atom. The van der Waals surface area contributed by atoms with E-state index in [0.717, 1.165) is 16.6 Å². The van der Waals surface area contributed by atoms with Crippen molar-refractivity contribution < 1.29 is 37.9 Å². The predicted molar refractivity (Wildman–Crippen MR) is 79.7 cm³/mol. The molecule has 0 aliphatic carbocycles. The summed E-state index contributed by atoms with van der Waals surface area (Å²) in [6.07, 6.45) is 3.88. The van der Waals surface area contributed by atoms with E-state index in [0.29, 0.717) is 17.0 Å². The fourth-order valence-electron chi connectivity index (χ4n) is 2.05. The standard InChI is InChI=1S/C14H11BrN3O3.HI/c1-2-17-7-9(5-10(15)8-17)14-16-12-4-3-11(18(19)20)6-13(12)21-14;/h3-8H,2H2,1H3;1H/q+1;/p-1. The summed E-state index contributed by atoms with van der Waals surface area (Å²) in [7, 11) is 0. The van der Waals surface area contributed by atoms with E-state index >= 15 is 0 Å². The molecular formula is C14H11BrIN3O3. The number of hydrogen-bond acceptors (Lipinski definition) is 4. The quantitative estimate of drug-likeness (QED) is 0.239. The molecule has 22 heavy (non-hydrogen) atoms. The van der Waals surface area contributed by atoms with Crippen molar-refractivity contribution in [2.24, 2.45) is 0 Å². The van der Waals surface area contributed by atoms with Gasteiger partial charge in [-0.15, -0.1) is 0 Å². The minimum absolute atomic E-state index is 0. The van der Waals surface area contributed by atoms with Crippen molar-refractivity contribution in [3.05, 3.63) is 51.2 Å². The first-order valence-electron chi connectivity index (χ1n) is 6.32. The molecule has 0 bridgehead atoms. The molecule has 3 aromatic rings. The zero-order valence-electron chi connectivity index (χ0n) is 11.5. The summed E-state index contributed by atoms with van der Waals surface area (Å²) >= 11 is 3.45. The number of aromatic nitrogens is 2. The summed E-state index contributed by atoms with van der Waals surface area (Å²) in [4.78, 5) is 14.7. The molecule has 114 valence electrons. The molecule has 0 spiro atoms. The minimum Gasteiger partial charge on any atom is -1.00 e. The summed E-state index contributed by atoms with van der Waals surface area (Å²) in [5.41, 5.74) is 1.80. The summed E-state index contributed by atoms with van der Waals surface area (Å²) < 4.78 is 8.56. The number of fused-ring (bicyclic) bond motifs is 1. The SMILES string of the molecule is CC[n+]1cc(Br)cc(-c2nc3ccc([N+](=O)[O-])cc3o2)c1.[I-]. The van der Waals surface area contributed by atoms with Crippen molar-refractivity contribution in [3.63, 3.8) is 0 Å². The largest absolute Gasteiger partial charge is 1.00 e. The Kier molecular flexibility index (Phi) is 5.12. The molecule has 8 heteroatoms. The van der Waals surface area contributed by atoms with Crippen molar-refractivity contribution in [2.75, 3.05) is 0 Å². The van der Waals surface area contributed by atoms with Gasteiger partial charge in [0.25, 0.3) is 5.69 Å². The molecule has 0 saturated carbocycles. The third kappa shape index (κ3) is 3.27. The molecule has 0 unspecified atom stereocenters. The number of nitrogens with zero attached hydrogens (tertiary/aromatic N) is 3. The van der Waals surface area contributed by atoms with Gasteiger partial charge >= 0.3 is 0 Å². The number of non-ortho nitro benzene ring substituents is 1. The second-order valence-electron chi connectivity index (χ2n) is 4.50. The van der Waals surface area contributed by atoms with Gasteiger partial charge in [0.15, 0.2) is 18.0 Å². The highest BCUT2D eigenvalue weighted by Gasteiger charge is 2.15. The third-order valence-corrected chi connectivity index (χ3v) is 3.52. The van der Waals surface area contributed by atoms with Gasteiger partial charge in [-0.1, -0.05) is 0 Å². The van der Waals surface area contributed by atoms with Gasteiger partial charge in [-0.3, -0.25) is 10.1 Å². The number of aryl methyl sites for hydroxylation is 1. The molecule has 0 saturated heterocycles. The van der Waals surface area contributed by atoms with Crippen LogP contribution in [0.15, 0.2) is 45.5 Å². The summed E-state index contributed by atoms with van der Waals surface area (Å²) in [5.74, 6) is 0.439. The number of pyridine rings is 1. The minimum atomic E-state index is -0.453. The van der Waals surface area contributed by atoms with Crippen LogP contribution in [0.1, 0.15) is 6.92 Å². The van der Waals surface area contributed by atoms with Crippen molar-refractivity contribution in [3.8, 4) is 11.5 Å². The Balaban J connectivity index is 0.00000176. The molecule has 0 aliphatic heterocycles. The Morgan fingerprint density at radius 3 is 2.82 bits per heavy atom. The fraction of sp³-hybridized carbons (Fsp3) is 0.143. The molecule has 2 heterocycles. The van der Waals surface area contributed by atoms with E-state index in [-0.39, 0.29) is 29.7 Å². The molecule has 0 aliphatic rings. The lowest BCUT2D eigenvalue weighted by Crippen LogP contribution is -3.00. The summed E-state index contributed by atoms with van der Waals surface area (Å²) in [6, 6.07) is 6.29. The molecule has 3 rings (SSSR count). The number of nitro groups is 1. The van der Waals surface area contributed by atoms with Gasteiger partial charge in [0.2, 0.25) is 5.89 Å². The second kappa shape index (κ2) is 6.69. The van der Waals surface area contributed by atoms with Crippen molar-refractivity contribution >= 4 is 32.7 Å². The molecule has 2 aromatic heterocycles. The lowest BCUT2D eigenvalue weighted by atomic mass is 10.3. The van der Waals surface area contributed by atoms with Crippen LogP contribution in [0.4, 0.5) is 5.69 Å². The molecular weight excluding hydrogens is 465 g/mol. The Labute approximate surface area is 151 Å². The van der Waals surface area contributed by atoms with Crippen LogP contribution in [0.3, 0.4) is 0 Å². The second-order valence-corrected chi connectivity index (χ2v) is 5.42. The number of rotatable bonds is 3. The summed E-state index contributed by atoms with van der Waals surface area (Å²) in [6.45, 7) is 2.85. The number of hydrogen-bond donors (Lipinski definition) is 0. The normalized spacial score (nSPS) is 10.5. The van der Waals surface area contributed by atoms with Crippen LogP contribution in [-0.2, 0) is 6.54 Å². The predicted octanol–water partition coefficient (Wildman–Crippen LogP) is 0.477. The average Bonchev–Trinajstić information content (AvgIpc) is 2.89. The lowest BCUT2D eigenvalue weighted by molar-refractivity contribution is -0.693. The van der Waals surface area contributed by atoms with Crippen LogP contribution >= 0.6 is 15.9 Å². The van der Waals surface area contributed by atoms with Crippen LogP contribution in [0.25, 0.3) is 22.6 Å². The smallest absolute Gasteiger partial charge is 0.273 e. The van der Waals surface area contributed by atoms with E-state index in [1.165, 1.54) is 12.1 Å². The van der Waals surface area contributed by atoms with Crippen LogP contribution < -0.4 is 28.5 Å². The average molecular weight is 476 g/mol. The van der Waals surface area contributed by atoms with E-state index in [1.807, 2.05) is 30.0 Å². The van der Waals surface area contributed by atoms with Crippen molar-refractivity contribution in [1.82, 2.24) is 4.98 Å². The van der Waals surface area contributed by atoms with Crippen LogP contribution in [0, 0.1) is 10.1 Å². The Morgan fingerprint density at radius 2 is 2.14 bits per heavy atom. The van der Waals surface area contributed by atoms with Crippen LogP contribution in [-0.4, -0.2) is 9.91 Å². The topological polar surface area (TPSA) is 73.0 Å². The van der Waals surface area contributed by atoms with Gasteiger partial charge in [-0.05, 0) is 35.0 Å².